The Kier molecular flexibility index (Phi) is 6.06. The Hall–Kier alpha value is -2.08. The van der Waals surface area contributed by atoms with Gasteiger partial charge in [-0.05, 0) is 12.3 Å². The topological polar surface area (TPSA) is 176 Å². The van der Waals surface area contributed by atoms with Gasteiger partial charge in [0.2, 0.25) is 5.82 Å². The van der Waals surface area contributed by atoms with E-state index < -0.39 is 42.5 Å². The number of hydrogen-bond acceptors (Lipinski definition) is 9. The van der Waals surface area contributed by atoms with Crippen LogP contribution in [0, 0.1) is 5.92 Å². The van der Waals surface area contributed by atoms with Crippen molar-refractivity contribution in [2.45, 2.75) is 50.8 Å². The Bertz CT molecular complexity index is 621. The summed E-state index contributed by atoms with van der Waals surface area (Å²) in [5, 5.41) is 23.9. The molecule has 1 aromatic rings. The molecule has 1 aliphatic rings. The van der Waals surface area contributed by atoms with E-state index in [4.69, 9.17) is 20.9 Å². The molecule has 1 aromatic heterocycles. The first-order valence-electron chi connectivity index (χ1n) is 7.85. The van der Waals surface area contributed by atoms with Crippen molar-refractivity contribution in [3.8, 4) is 0 Å². The number of primary amides is 1. The van der Waals surface area contributed by atoms with Crippen molar-refractivity contribution in [2.24, 2.45) is 17.4 Å². The molecule has 0 aliphatic carbocycles. The number of hydrogen-bond donors (Lipinski definition) is 4. The molecule has 0 spiro atoms. The van der Waals surface area contributed by atoms with Gasteiger partial charge in [0.25, 0.3) is 5.91 Å². The molecule has 2 rings (SSSR count). The van der Waals surface area contributed by atoms with E-state index in [-0.39, 0.29) is 18.3 Å². The summed E-state index contributed by atoms with van der Waals surface area (Å²) < 4.78 is 11.6. The number of carbonyl (C=O) groups is 2. The van der Waals surface area contributed by atoms with Crippen molar-refractivity contribution in [1.29, 1.82) is 0 Å². The van der Waals surface area contributed by atoms with Gasteiger partial charge in [-0.3, -0.25) is 9.59 Å². The zero-order valence-electron chi connectivity index (χ0n) is 14.0. The predicted molar refractivity (Wildman–Crippen MR) is 82.9 cm³/mol. The summed E-state index contributed by atoms with van der Waals surface area (Å²) in [6, 6.07) is -0.771. The molecule has 11 heteroatoms. The van der Waals surface area contributed by atoms with Crippen LogP contribution in [0.1, 0.15) is 37.1 Å². The number of nitrogens with zero attached hydrogens (tertiary/aromatic N) is 3. The van der Waals surface area contributed by atoms with Gasteiger partial charge in [0.05, 0.1) is 0 Å². The van der Waals surface area contributed by atoms with E-state index in [1.54, 1.807) is 0 Å². The van der Waals surface area contributed by atoms with Crippen LogP contribution < -0.4 is 11.5 Å². The molecule has 0 aromatic carbocycles. The highest BCUT2D eigenvalue weighted by Gasteiger charge is 2.45. The maximum absolute atomic E-state index is 11.8. The maximum Gasteiger partial charge on any atom is 0.323 e. The van der Waals surface area contributed by atoms with Gasteiger partial charge in [-0.2, -0.15) is 0 Å². The fourth-order valence-electron chi connectivity index (χ4n) is 2.47. The number of amides is 1. The number of aromatic nitrogens is 3. The normalized spacial score (nSPS) is 27.4. The number of ether oxygens (including phenoxy) is 2. The lowest BCUT2D eigenvalue weighted by Gasteiger charge is -2.17. The Balaban J connectivity index is 1.95. The fraction of sp³-hybridized carbons (Fsp3) is 0.714. The van der Waals surface area contributed by atoms with E-state index in [9.17, 15) is 19.8 Å². The first-order valence-corrected chi connectivity index (χ1v) is 7.85. The highest BCUT2D eigenvalue weighted by molar-refractivity contribution is 5.88. The van der Waals surface area contributed by atoms with E-state index in [2.05, 4.69) is 10.1 Å². The molecule has 1 aliphatic heterocycles. The molecule has 0 radical (unpaired) electrons. The third-order valence-electron chi connectivity index (χ3n) is 3.74. The van der Waals surface area contributed by atoms with Crippen LogP contribution in [0.3, 0.4) is 0 Å². The lowest BCUT2D eigenvalue weighted by atomic mass is 10.1. The van der Waals surface area contributed by atoms with Gasteiger partial charge in [-0.1, -0.05) is 13.8 Å². The number of nitrogens with two attached hydrogens (primary N) is 2. The molecule has 0 bridgehead atoms. The summed E-state index contributed by atoms with van der Waals surface area (Å²) in [6.07, 6.45) is -3.13. The summed E-state index contributed by atoms with van der Waals surface area (Å²) in [7, 11) is 0. The average Bonchev–Trinajstić information content (AvgIpc) is 3.11. The zero-order valence-corrected chi connectivity index (χ0v) is 14.0. The quantitative estimate of drug-likeness (QED) is 0.399. The van der Waals surface area contributed by atoms with Crippen LogP contribution in [0.25, 0.3) is 0 Å². The summed E-state index contributed by atoms with van der Waals surface area (Å²) >= 11 is 0. The minimum atomic E-state index is -1.35. The number of aliphatic hydroxyl groups excluding tert-OH is 2. The second-order valence-electron chi connectivity index (χ2n) is 6.32. The molecule has 0 unspecified atom stereocenters. The minimum absolute atomic E-state index is 0.230. The highest BCUT2D eigenvalue weighted by atomic mass is 16.6. The van der Waals surface area contributed by atoms with Gasteiger partial charge >= 0.3 is 5.97 Å². The maximum atomic E-state index is 11.8. The Morgan fingerprint density at radius 2 is 2.08 bits per heavy atom. The lowest BCUT2D eigenvalue weighted by molar-refractivity contribution is -0.152. The van der Waals surface area contributed by atoms with Crippen LogP contribution in [0.4, 0.5) is 0 Å². The number of esters is 1. The second kappa shape index (κ2) is 7.87. The Labute approximate surface area is 143 Å². The number of carbonyl (C=O) groups excluding carboxylic acids is 2. The van der Waals surface area contributed by atoms with E-state index in [0.29, 0.717) is 6.42 Å². The van der Waals surface area contributed by atoms with Crippen molar-refractivity contribution >= 4 is 11.9 Å². The summed E-state index contributed by atoms with van der Waals surface area (Å²) in [5.41, 5.74) is 10.8. The smallest absolute Gasteiger partial charge is 0.323 e. The molecule has 6 N–H and O–H groups in total. The lowest BCUT2D eigenvalue weighted by Crippen LogP contribution is -2.38. The first kappa shape index (κ1) is 19.2. The zero-order chi connectivity index (χ0) is 18.7. The molecule has 1 fully saturated rings. The van der Waals surface area contributed by atoms with E-state index in [0.717, 1.165) is 11.0 Å². The van der Waals surface area contributed by atoms with Crippen molar-refractivity contribution in [1.82, 2.24) is 14.8 Å². The third kappa shape index (κ3) is 4.51. The molecule has 1 amide bonds. The largest absolute Gasteiger partial charge is 0.462 e. The fourth-order valence-corrected chi connectivity index (χ4v) is 2.47. The third-order valence-corrected chi connectivity index (χ3v) is 3.74. The summed E-state index contributed by atoms with van der Waals surface area (Å²) in [6.45, 7) is 3.57. The molecule has 140 valence electrons. The van der Waals surface area contributed by atoms with E-state index in [1.165, 1.54) is 0 Å². The second-order valence-corrected chi connectivity index (χ2v) is 6.32. The van der Waals surface area contributed by atoms with Crippen LogP contribution in [-0.4, -0.2) is 67.8 Å². The number of rotatable bonds is 7. The molecule has 11 nitrogen and oxygen atoms in total. The summed E-state index contributed by atoms with van der Waals surface area (Å²) in [5.74, 6) is -1.47. The van der Waals surface area contributed by atoms with Crippen LogP contribution in [-0.2, 0) is 14.3 Å². The molecule has 0 saturated carbocycles. The van der Waals surface area contributed by atoms with Crippen LogP contribution in [0.2, 0.25) is 0 Å². The van der Waals surface area contributed by atoms with Gasteiger partial charge in [0.1, 0.15) is 37.3 Å². The van der Waals surface area contributed by atoms with Gasteiger partial charge in [-0.15, -0.1) is 5.10 Å². The van der Waals surface area contributed by atoms with Crippen molar-refractivity contribution in [2.75, 3.05) is 6.61 Å². The van der Waals surface area contributed by atoms with Crippen LogP contribution >= 0.6 is 0 Å². The Morgan fingerprint density at radius 1 is 1.40 bits per heavy atom. The predicted octanol–water partition coefficient (Wildman–Crippen LogP) is -2.09. The SMILES string of the molecule is CC(C)C[C@@H](N)C(=O)OC[C@H]1O[C@@H](n2cnc(C(N)=O)n2)[C@H](O)[C@@H]1O. The van der Waals surface area contributed by atoms with Gasteiger partial charge in [-0.25, -0.2) is 9.67 Å². The molecule has 5 atom stereocenters. The van der Waals surface area contributed by atoms with Gasteiger partial charge in [0.15, 0.2) is 6.23 Å². The van der Waals surface area contributed by atoms with Crippen molar-refractivity contribution < 1.29 is 29.3 Å². The van der Waals surface area contributed by atoms with Crippen molar-refractivity contribution in [3.05, 3.63) is 12.2 Å². The Morgan fingerprint density at radius 3 is 2.64 bits per heavy atom. The highest BCUT2D eigenvalue weighted by Crippen LogP contribution is 2.29. The molecule has 1 saturated heterocycles. The van der Waals surface area contributed by atoms with Crippen LogP contribution in [0.15, 0.2) is 6.33 Å². The molecular weight excluding hydrogens is 334 g/mol. The minimum Gasteiger partial charge on any atom is -0.462 e. The van der Waals surface area contributed by atoms with Gasteiger partial charge < -0.3 is 31.2 Å². The average molecular weight is 357 g/mol. The molecule has 2 heterocycles. The van der Waals surface area contributed by atoms with E-state index >= 15 is 0 Å². The van der Waals surface area contributed by atoms with Crippen LogP contribution in [0.5, 0.6) is 0 Å². The molecular formula is C14H23N5O6. The molecule has 25 heavy (non-hydrogen) atoms. The monoisotopic (exact) mass is 357 g/mol. The standard InChI is InChI=1S/C14H23N5O6/c1-6(2)3-7(15)14(23)24-4-8-9(20)10(21)13(25-8)19-5-17-12(18-19)11(16)22/h5-10,13,20-21H,3-4,15H2,1-2H3,(H2,16,22)/t7-,8-,9-,10-,13-/m1/s1. The van der Waals surface area contributed by atoms with Crippen molar-refractivity contribution in [3.63, 3.8) is 0 Å². The van der Waals surface area contributed by atoms with E-state index in [1.807, 2.05) is 13.8 Å². The van der Waals surface area contributed by atoms with Gasteiger partial charge in [0, 0.05) is 0 Å². The summed E-state index contributed by atoms with van der Waals surface area (Å²) in [4.78, 5) is 26.5. The first-order chi connectivity index (χ1) is 11.7. The number of aliphatic hydroxyl groups is 2.